The molecular weight excluding hydrogens is 302 g/mol. The van der Waals surface area contributed by atoms with Crippen LogP contribution >= 0.6 is 12.4 Å². The van der Waals surface area contributed by atoms with Crippen molar-refractivity contribution in [2.24, 2.45) is 5.41 Å². The van der Waals surface area contributed by atoms with Gasteiger partial charge in [0.1, 0.15) is 0 Å². The van der Waals surface area contributed by atoms with Gasteiger partial charge in [0.25, 0.3) is 5.91 Å². The van der Waals surface area contributed by atoms with E-state index in [4.69, 9.17) is 5.73 Å². The molecule has 2 rings (SSSR count). The van der Waals surface area contributed by atoms with E-state index in [1.807, 2.05) is 25.7 Å². The second kappa shape index (κ2) is 7.01. The Bertz CT molecular complexity index is 529. The van der Waals surface area contributed by atoms with Crippen molar-refractivity contribution in [2.75, 3.05) is 31.9 Å². The van der Waals surface area contributed by atoms with E-state index in [1.165, 1.54) is 0 Å². The summed E-state index contributed by atoms with van der Waals surface area (Å²) in [4.78, 5) is 28.2. The Balaban J connectivity index is 0.00000242. The average molecular weight is 326 g/mol. The smallest absolute Gasteiger partial charge is 0.253 e. The minimum Gasteiger partial charge on any atom is -0.399 e. The van der Waals surface area contributed by atoms with Gasteiger partial charge in [0.05, 0.1) is 0 Å². The third kappa shape index (κ3) is 4.13. The van der Waals surface area contributed by atoms with Gasteiger partial charge in [-0.3, -0.25) is 9.59 Å². The molecule has 0 unspecified atom stereocenters. The van der Waals surface area contributed by atoms with Gasteiger partial charge < -0.3 is 15.5 Å². The molecule has 0 saturated carbocycles. The van der Waals surface area contributed by atoms with E-state index in [9.17, 15) is 9.59 Å². The van der Waals surface area contributed by atoms with Crippen molar-refractivity contribution in [2.45, 2.75) is 20.8 Å². The summed E-state index contributed by atoms with van der Waals surface area (Å²) in [5.74, 6) is 0.139. The summed E-state index contributed by atoms with van der Waals surface area (Å²) in [6.07, 6.45) is 0. The number of anilines is 1. The first-order valence-corrected chi connectivity index (χ1v) is 7.23. The van der Waals surface area contributed by atoms with Crippen molar-refractivity contribution in [3.05, 3.63) is 29.8 Å². The Morgan fingerprint density at radius 3 is 1.86 bits per heavy atom. The Morgan fingerprint density at radius 1 is 0.955 bits per heavy atom. The lowest BCUT2D eigenvalue weighted by molar-refractivity contribution is -0.140. The standard InChI is InChI=1S/C16H23N3O2.ClH/c1-16(2,3)15(21)19-10-8-18(9-11-19)14(20)12-4-6-13(17)7-5-12;/h4-7H,8-11,17H2,1-3H3;1H. The molecule has 122 valence electrons. The minimum atomic E-state index is -0.372. The van der Waals surface area contributed by atoms with Gasteiger partial charge in [-0.15, -0.1) is 12.4 Å². The van der Waals surface area contributed by atoms with Crippen LogP contribution in [0.25, 0.3) is 0 Å². The van der Waals surface area contributed by atoms with Crippen molar-refractivity contribution in [1.82, 2.24) is 9.80 Å². The fourth-order valence-corrected chi connectivity index (χ4v) is 2.40. The molecular formula is C16H24ClN3O2. The largest absolute Gasteiger partial charge is 0.399 e. The topological polar surface area (TPSA) is 66.6 Å². The molecule has 1 aromatic carbocycles. The lowest BCUT2D eigenvalue weighted by Crippen LogP contribution is -2.53. The zero-order valence-corrected chi connectivity index (χ0v) is 14.2. The van der Waals surface area contributed by atoms with Gasteiger partial charge in [-0.1, -0.05) is 20.8 Å². The maximum atomic E-state index is 12.4. The number of piperazine rings is 1. The Kier molecular flexibility index (Phi) is 5.83. The molecule has 1 aliphatic rings. The Morgan fingerprint density at radius 2 is 1.41 bits per heavy atom. The van der Waals surface area contributed by atoms with Crippen LogP contribution in [0.1, 0.15) is 31.1 Å². The maximum Gasteiger partial charge on any atom is 0.253 e. The molecule has 2 N–H and O–H groups in total. The lowest BCUT2D eigenvalue weighted by Gasteiger charge is -2.37. The first-order valence-electron chi connectivity index (χ1n) is 7.23. The number of carbonyl (C=O) groups excluding carboxylic acids is 2. The first-order chi connectivity index (χ1) is 9.79. The van der Waals surface area contributed by atoms with Gasteiger partial charge in [-0.2, -0.15) is 0 Å². The third-order valence-electron chi connectivity index (χ3n) is 3.65. The Hall–Kier alpha value is -1.75. The molecule has 0 aliphatic carbocycles. The van der Waals surface area contributed by atoms with Crippen LogP contribution in [0.5, 0.6) is 0 Å². The van der Waals surface area contributed by atoms with Crippen molar-refractivity contribution in [3.63, 3.8) is 0 Å². The number of nitrogens with zero attached hydrogens (tertiary/aromatic N) is 2. The highest BCUT2D eigenvalue weighted by molar-refractivity contribution is 5.94. The number of rotatable bonds is 1. The van der Waals surface area contributed by atoms with Gasteiger partial charge in [-0.25, -0.2) is 0 Å². The van der Waals surface area contributed by atoms with Crippen LogP contribution in [0.4, 0.5) is 5.69 Å². The molecule has 2 amide bonds. The van der Waals surface area contributed by atoms with E-state index in [0.717, 1.165) is 0 Å². The lowest BCUT2D eigenvalue weighted by atomic mass is 9.94. The number of hydrogen-bond acceptors (Lipinski definition) is 3. The molecule has 1 heterocycles. The van der Waals surface area contributed by atoms with Crippen LogP contribution in [0, 0.1) is 5.41 Å². The molecule has 1 aliphatic heterocycles. The summed E-state index contributed by atoms with van der Waals surface area (Å²) >= 11 is 0. The SMILES string of the molecule is CC(C)(C)C(=O)N1CCN(C(=O)c2ccc(N)cc2)CC1.Cl. The van der Waals surface area contributed by atoms with Crippen molar-refractivity contribution >= 4 is 29.9 Å². The normalized spacial score (nSPS) is 15.2. The first kappa shape index (κ1) is 18.3. The number of nitrogen functional groups attached to an aromatic ring is 1. The molecule has 0 radical (unpaired) electrons. The van der Waals surface area contributed by atoms with Crippen molar-refractivity contribution in [1.29, 1.82) is 0 Å². The summed E-state index contributed by atoms with van der Waals surface area (Å²) in [7, 11) is 0. The molecule has 0 bridgehead atoms. The zero-order valence-electron chi connectivity index (χ0n) is 13.3. The van der Waals surface area contributed by atoms with Crippen LogP contribution in [0.2, 0.25) is 0 Å². The van der Waals surface area contributed by atoms with Crippen LogP contribution in [0.15, 0.2) is 24.3 Å². The molecule has 6 heteroatoms. The van der Waals surface area contributed by atoms with E-state index >= 15 is 0 Å². The van der Waals surface area contributed by atoms with Crippen LogP contribution in [-0.2, 0) is 4.79 Å². The molecule has 0 atom stereocenters. The fraction of sp³-hybridized carbons (Fsp3) is 0.500. The van der Waals surface area contributed by atoms with Crippen molar-refractivity contribution < 1.29 is 9.59 Å². The van der Waals surface area contributed by atoms with Crippen LogP contribution < -0.4 is 5.73 Å². The number of carbonyl (C=O) groups is 2. The quantitative estimate of drug-likeness (QED) is 0.803. The summed E-state index contributed by atoms with van der Waals surface area (Å²) < 4.78 is 0. The molecule has 1 aromatic rings. The molecule has 22 heavy (non-hydrogen) atoms. The highest BCUT2D eigenvalue weighted by Crippen LogP contribution is 2.19. The second-order valence-electron chi connectivity index (χ2n) is 6.46. The highest BCUT2D eigenvalue weighted by Gasteiger charge is 2.30. The van der Waals surface area contributed by atoms with E-state index in [-0.39, 0.29) is 29.6 Å². The van der Waals surface area contributed by atoms with E-state index < -0.39 is 0 Å². The van der Waals surface area contributed by atoms with Gasteiger partial charge in [0, 0.05) is 42.8 Å². The number of halogens is 1. The third-order valence-corrected chi connectivity index (χ3v) is 3.65. The molecule has 0 spiro atoms. The molecule has 0 aromatic heterocycles. The van der Waals surface area contributed by atoms with E-state index in [2.05, 4.69) is 0 Å². The fourth-order valence-electron chi connectivity index (χ4n) is 2.40. The second-order valence-corrected chi connectivity index (χ2v) is 6.46. The van der Waals surface area contributed by atoms with Gasteiger partial charge >= 0.3 is 0 Å². The highest BCUT2D eigenvalue weighted by atomic mass is 35.5. The molecule has 1 saturated heterocycles. The van der Waals surface area contributed by atoms with E-state index in [0.29, 0.717) is 37.4 Å². The predicted octanol–water partition coefficient (Wildman–Crippen LogP) is 2.02. The Labute approximate surface area is 137 Å². The van der Waals surface area contributed by atoms with Gasteiger partial charge in [0.2, 0.25) is 5.91 Å². The zero-order chi connectivity index (χ0) is 15.6. The number of nitrogens with two attached hydrogens (primary N) is 1. The summed E-state index contributed by atoms with van der Waals surface area (Å²) in [6.45, 7) is 8.09. The minimum absolute atomic E-state index is 0. The summed E-state index contributed by atoms with van der Waals surface area (Å²) in [6, 6.07) is 6.94. The summed E-state index contributed by atoms with van der Waals surface area (Å²) in [5, 5.41) is 0. The van der Waals surface area contributed by atoms with Crippen LogP contribution in [-0.4, -0.2) is 47.8 Å². The van der Waals surface area contributed by atoms with Crippen molar-refractivity contribution in [3.8, 4) is 0 Å². The number of benzene rings is 1. The van der Waals surface area contributed by atoms with Gasteiger partial charge in [0.15, 0.2) is 0 Å². The average Bonchev–Trinajstić information content (AvgIpc) is 2.46. The predicted molar refractivity (Wildman–Crippen MR) is 90.0 cm³/mol. The summed E-state index contributed by atoms with van der Waals surface area (Å²) in [5.41, 5.74) is 6.54. The number of amides is 2. The van der Waals surface area contributed by atoms with E-state index in [1.54, 1.807) is 29.2 Å². The monoisotopic (exact) mass is 325 g/mol. The maximum absolute atomic E-state index is 12.4. The van der Waals surface area contributed by atoms with Gasteiger partial charge in [-0.05, 0) is 24.3 Å². The van der Waals surface area contributed by atoms with Crippen LogP contribution in [0.3, 0.4) is 0 Å². The molecule has 5 nitrogen and oxygen atoms in total. The number of hydrogen-bond donors (Lipinski definition) is 1. The molecule has 1 fully saturated rings.